The van der Waals surface area contributed by atoms with Gasteiger partial charge in [0.15, 0.2) is 6.71 Å². The normalized spacial score (nSPS) is 26.7. The number of benzene rings is 3. The van der Waals surface area contributed by atoms with Crippen molar-refractivity contribution in [3.8, 4) is 11.1 Å². The van der Waals surface area contributed by atoms with Crippen molar-refractivity contribution in [2.24, 2.45) is 9.98 Å². The van der Waals surface area contributed by atoms with Crippen LogP contribution in [-0.4, -0.2) is 31.2 Å². The van der Waals surface area contributed by atoms with Crippen LogP contribution < -0.4 is 5.46 Å². The maximum atomic E-state index is 5.39. The van der Waals surface area contributed by atoms with Crippen LogP contribution in [0.1, 0.15) is 36.8 Å². The summed E-state index contributed by atoms with van der Waals surface area (Å²) in [4.78, 5) is 10.7. The largest absolute Gasteiger partial charge is 0.293 e. The van der Waals surface area contributed by atoms with Crippen LogP contribution in [0.5, 0.6) is 0 Å². The Morgan fingerprint density at radius 1 is 0.781 bits per heavy atom. The minimum absolute atomic E-state index is 0.208. The molecule has 0 radical (unpaired) electrons. The first kappa shape index (κ1) is 18.6. The Morgan fingerprint density at radius 2 is 1.47 bits per heavy atom. The van der Waals surface area contributed by atoms with Gasteiger partial charge in [0.05, 0.1) is 11.5 Å². The second kappa shape index (κ2) is 7.03. The summed E-state index contributed by atoms with van der Waals surface area (Å²) in [6.45, 7) is 1.45. The van der Waals surface area contributed by atoms with Crippen LogP contribution in [0.4, 0.5) is 0 Å². The van der Waals surface area contributed by atoms with Gasteiger partial charge in [0.25, 0.3) is 0 Å². The Labute approximate surface area is 190 Å². The lowest BCUT2D eigenvalue weighted by Crippen LogP contribution is -2.63. The Balaban J connectivity index is 1.55. The molecule has 0 bridgehead atoms. The molecule has 1 spiro atoms. The molecule has 3 atom stereocenters. The molecule has 156 valence electrons. The molecule has 3 aromatic carbocycles. The van der Waals surface area contributed by atoms with Gasteiger partial charge in [-0.2, -0.15) is 0 Å². The van der Waals surface area contributed by atoms with Crippen molar-refractivity contribution in [3.63, 3.8) is 0 Å². The van der Waals surface area contributed by atoms with E-state index in [0.717, 1.165) is 13.0 Å². The molecule has 7 rings (SSSR count). The summed E-state index contributed by atoms with van der Waals surface area (Å²) in [7, 11) is 0. The van der Waals surface area contributed by atoms with Gasteiger partial charge in [-0.15, -0.1) is 0 Å². The van der Waals surface area contributed by atoms with Crippen LogP contribution in [0.25, 0.3) is 11.1 Å². The molecule has 3 aliphatic heterocycles. The number of nitrogens with zero attached hydrogens (tertiary/aromatic N) is 2. The van der Waals surface area contributed by atoms with E-state index in [1.165, 1.54) is 52.7 Å². The Morgan fingerprint density at radius 3 is 2.22 bits per heavy atom. The highest BCUT2D eigenvalue weighted by molar-refractivity contribution is 6.80. The average molecular weight is 414 g/mol. The van der Waals surface area contributed by atoms with Gasteiger partial charge in [0.1, 0.15) is 0 Å². The fraction of sp³-hybridized carbons (Fsp3) is 0.310. The van der Waals surface area contributed by atoms with E-state index in [0.29, 0.717) is 18.3 Å². The molecule has 0 saturated carbocycles. The maximum absolute atomic E-state index is 5.39. The van der Waals surface area contributed by atoms with Gasteiger partial charge in [-0.3, -0.25) is 9.98 Å². The van der Waals surface area contributed by atoms with E-state index in [1.54, 1.807) is 0 Å². The van der Waals surface area contributed by atoms with Crippen LogP contribution >= 0.6 is 0 Å². The third kappa shape index (κ3) is 2.32. The quantitative estimate of drug-likeness (QED) is 0.465. The van der Waals surface area contributed by atoms with Crippen LogP contribution in [0.3, 0.4) is 0 Å². The zero-order valence-electron chi connectivity index (χ0n) is 18.3. The Hall–Kier alpha value is -2.94. The summed E-state index contributed by atoms with van der Waals surface area (Å²) in [5.74, 6) is 1.02. The van der Waals surface area contributed by atoms with Crippen molar-refractivity contribution in [3.05, 3.63) is 90.0 Å². The lowest BCUT2D eigenvalue weighted by Gasteiger charge is -2.54. The van der Waals surface area contributed by atoms with E-state index in [2.05, 4.69) is 85.1 Å². The van der Waals surface area contributed by atoms with Crippen LogP contribution in [0, 0.1) is 0 Å². The van der Waals surface area contributed by atoms with Gasteiger partial charge >= 0.3 is 0 Å². The van der Waals surface area contributed by atoms with E-state index in [4.69, 9.17) is 9.98 Å². The van der Waals surface area contributed by atoms with Crippen molar-refractivity contribution in [2.75, 3.05) is 6.54 Å². The van der Waals surface area contributed by atoms with E-state index in [1.807, 2.05) is 0 Å². The predicted molar refractivity (Wildman–Crippen MR) is 135 cm³/mol. The number of hydrogen-bond acceptors (Lipinski definition) is 2. The van der Waals surface area contributed by atoms with Crippen molar-refractivity contribution in [1.29, 1.82) is 0 Å². The Kier molecular flexibility index (Phi) is 4.09. The molecule has 0 amide bonds. The molecular weight excluding hydrogens is 387 g/mol. The first-order chi connectivity index (χ1) is 15.9. The minimum atomic E-state index is -0.217. The summed E-state index contributed by atoms with van der Waals surface area (Å²) in [5, 5.41) is 0. The number of fused-ring (bicyclic) bond motifs is 9. The molecule has 0 N–H and O–H groups in total. The topological polar surface area (TPSA) is 24.7 Å². The second-order valence-corrected chi connectivity index (χ2v) is 9.87. The first-order valence-corrected chi connectivity index (χ1v) is 12.2. The van der Waals surface area contributed by atoms with Gasteiger partial charge < -0.3 is 0 Å². The number of aliphatic imine (C=N–C) groups is 2. The molecule has 3 unspecified atom stereocenters. The third-order valence-corrected chi connectivity index (χ3v) is 8.53. The zero-order valence-corrected chi connectivity index (χ0v) is 18.3. The first-order valence-electron chi connectivity index (χ1n) is 12.2. The summed E-state index contributed by atoms with van der Waals surface area (Å²) < 4.78 is 0. The highest BCUT2D eigenvalue weighted by Crippen LogP contribution is 2.61. The molecule has 1 saturated heterocycles. The fourth-order valence-corrected chi connectivity index (χ4v) is 7.53. The molecular formula is C29H27BN2. The van der Waals surface area contributed by atoms with E-state index < -0.39 is 0 Å². The molecule has 4 aliphatic rings. The summed E-state index contributed by atoms with van der Waals surface area (Å²) >= 11 is 0. The van der Waals surface area contributed by atoms with Gasteiger partial charge in [-0.1, -0.05) is 84.3 Å². The monoisotopic (exact) mass is 414 g/mol. The molecule has 32 heavy (non-hydrogen) atoms. The SMILES string of the molecule is C1=NC2C(CC1)B(c1ccccc1)C1CCCN=C1C21c2ccccc2-c2ccccc21. The van der Waals surface area contributed by atoms with Crippen molar-refractivity contribution >= 4 is 24.1 Å². The summed E-state index contributed by atoms with van der Waals surface area (Å²) in [5.41, 5.74) is 8.31. The average Bonchev–Trinajstić information content (AvgIpc) is 3.16. The molecule has 2 nitrogen and oxygen atoms in total. The van der Waals surface area contributed by atoms with Gasteiger partial charge in [-0.05, 0) is 65.8 Å². The van der Waals surface area contributed by atoms with Crippen LogP contribution in [0.15, 0.2) is 88.8 Å². The lowest BCUT2D eigenvalue weighted by atomic mass is 9.22. The van der Waals surface area contributed by atoms with Crippen LogP contribution in [0.2, 0.25) is 11.6 Å². The van der Waals surface area contributed by atoms with Crippen LogP contribution in [-0.2, 0) is 5.41 Å². The third-order valence-electron chi connectivity index (χ3n) is 8.53. The molecule has 3 aromatic rings. The standard InChI is InChI=1S/C29H27BN2/c1-2-10-20(11-3-1)30-25-16-8-18-31-27(25)29(28-26(30)17-9-19-32-28)23-14-6-4-12-21(23)22-13-5-7-15-24(22)29/h1-7,10-15,18,25-27H,8-9,16-17,19H2. The summed E-state index contributed by atoms with van der Waals surface area (Å²) in [6, 6.07) is 29.6. The smallest absolute Gasteiger partial charge is 0.190 e. The fourth-order valence-electron chi connectivity index (χ4n) is 7.53. The second-order valence-electron chi connectivity index (χ2n) is 9.87. The molecule has 0 aromatic heterocycles. The molecule has 1 fully saturated rings. The summed E-state index contributed by atoms with van der Waals surface area (Å²) in [6.07, 6.45) is 6.93. The van der Waals surface area contributed by atoms with Crippen molar-refractivity contribution in [1.82, 2.24) is 0 Å². The molecule has 3 heteroatoms. The van der Waals surface area contributed by atoms with Crippen molar-refractivity contribution < 1.29 is 0 Å². The van der Waals surface area contributed by atoms with E-state index in [-0.39, 0.29) is 11.5 Å². The van der Waals surface area contributed by atoms with Gasteiger partial charge in [0, 0.05) is 12.3 Å². The minimum Gasteiger partial charge on any atom is -0.293 e. The maximum Gasteiger partial charge on any atom is 0.190 e. The number of hydrogen-bond donors (Lipinski definition) is 0. The zero-order chi connectivity index (χ0) is 21.1. The van der Waals surface area contributed by atoms with Crippen molar-refractivity contribution in [2.45, 2.75) is 48.8 Å². The predicted octanol–water partition coefficient (Wildman–Crippen LogP) is 5.58. The van der Waals surface area contributed by atoms with Gasteiger partial charge in [-0.25, -0.2) is 0 Å². The highest BCUT2D eigenvalue weighted by Gasteiger charge is 2.63. The Bertz CT molecular complexity index is 1200. The molecule has 1 aliphatic carbocycles. The molecule has 3 heterocycles. The lowest BCUT2D eigenvalue weighted by molar-refractivity contribution is 0.435. The van der Waals surface area contributed by atoms with Gasteiger partial charge in [0.2, 0.25) is 0 Å². The number of rotatable bonds is 1. The van der Waals surface area contributed by atoms with E-state index in [9.17, 15) is 0 Å². The van der Waals surface area contributed by atoms with E-state index >= 15 is 0 Å². The highest BCUT2D eigenvalue weighted by atomic mass is 14.9.